The molecule has 1 aliphatic heterocycles. The molecule has 2 aromatic heterocycles. The summed E-state index contributed by atoms with van der Waals surface area (Å²) >= 11 is -0.0942. The van der Waals surface area contributed by atoms with Gasteiger partial charge in [0.15, 0.2) is 0 Å². The van der Waals surface area contributed by atoms with Gasteiger partial charge in [0.2, 0.25) is 0 Å². The topological polar surface area (TPSA) is 22.0 Å². The summed E-state index contributed by atoms with van der Waals surface area (Å²) in [5.74, 6) is -0.212. The molecular weight excluding hydrogens is 368 g/mol. The minimum atomic E-state index is -0.212. The van der Waals surface area contributed by atoms with Gasteiger partial charge in [-0.2, -0.15) is 0 Å². The van der Waals surface area contributed by atoms with Crippen LogP contribution in [-0.4, -0.2) is 25.4 Å². The molecule has 0 radical (unpaired) electrons. The molecule has 0 bridgehead atoms. The Labute approximate surface area is 144 Å². The summed E-state index contributed by atoms with van der Waals surface area (Å²) in [6.07, 6.45) is 0.943. The number of benzene rings is 2. The normalized spacial score (nSPS) is 15.0. The van der Waals surface area contributed by atoms with E-state index in [-0.39, 0.29) is 25.7 Å². The van der Waals surface area contributed by atoms with E-state index in [4.69, 9.17) is 0 Å². The van der Waals surface area contributed by atoms with E-state index in [9.17, 15) is 9.18 Å². The fourth-order valence-electron chi connectivity index (χ4n) is 4.00. The van der Waals surface area contributed by atoms with Crippen LogP contribution in [0.1, 0.15) is 34.2 Å². The first kappa shape index (κ1) is 14.2. The summed E-state index contributed by atoms with van der Waals surface area (Å²) in [4.78, 5) is 11.4. The summed E-state index contributed by atoms with van der Waals surface area (Å²) in [6, 6.07) is 13.5. The number of para-hydroxylation sites is 2. The molecule has 3 heterocycles. The number of carbonyl (C=O) groups is 1. The van der Waals surface area contributed by atoms with Crippen LogP contribution in [0.15, 0.2) is 42.5 Å². The molecule has 0 N–H and O–H groups in total. The zero-order chi connectivity index (χ0) is 16.6. The number of hydrogen-bond donors (Lipinski definition) is 0. The van der Waals surface area contributed by atoms with Crippen molar-refractivity contribution < 1.29 is 9.18 Å². The molecule has 4 heteroatoms. The van der Waals surface area contributed by atoms with E-state index in [1.807, 2.05) is 18.2 Å². The van der Waals surface area contributed by atoms with Gasteiger partial charge in [-0.1, -0.05) is 0 Å². The summed E-state index contributed by atoms with van der Waals surface area (Å²) in [5.41, 5.74) is 3.86. The third-order valence-corrected chi connectivity index (χ3v) is 7.35. The van der Waals surface area contributed by atoms with Crippen molar-refractivity contribution in [1.29, 1.82) is 0 Å². The van der Waals surface area contributed by atoms with E-state index < -0.39 is 0 Å². The van der Waals surface area contributed by atoms with Crippen molar-refractivity contribution >= 4 is 42.6 Å². The Morgan fingerprint density at radius 1 is 1.04 bits per heavy atom. The molecule has 1 aliphatic rings. The van der Waals surface area contributed by atoms with Crippen molar-refractivity contribution in [2.45, 2.75) is 19.3 Å². The number of aldehydes is 1. The van der Waals surface area contributed by atoms with Crippen molar-refractivity contribution in [1.82, 2.24) is 4.57 Å². The molecule has 5 rings (SSSR count). The van der Waals surface area contributed by atoms with Crippen molar-refractivity contribution in [3.8, 4) is 4.56 Å². The fraction of sp³-hybridized carbons (Fsp3) is 0.150. The Bertz CT molecular complexity index is 1170. The molecule has 0 amide bonds. The van der Waals surface area contributed by atoms with Crippen LogP contribution in [0.4, 0.5) is 4.39 Å². The van der Waals surface area contributed by atoms with Crippen molar-refractivity contribution in [2.75, 3.05) is 0 Å². The van der Waals surface area contributed by atoms with Gasteiger partial charge < -0.3 is 0 Å². The average molecular weight is 382 g/mol. The van der Waals surface area contributed by atoms with Crippen LogP contribution in [0, 0.1) is 5.82 Å². The van der Waals surface area contributed by atoms with Crippen LogP contribution in [0.3, 0.4) is 0 Å². The third-order valence-electron chi connectivity index (χ3n) is 5.16. The Morgan fingerprint density at radius 3 is 2.50 bits per heavy atom. The van der Waals surface area contributed by atoms with Gasteiger partial charge in [0, 0.05) is 0 Å². The maximum absolute atomic E-state index is 14.7. The minimum absolute atomic E-state index is 0.0942. The van der Waals surface area contributed by atoms with Crippen LogP contribution in [-0.2, 0) is 5.41 Å². The van der Waals surface area contributed by atoms with E-state index >= 15 is 0 Å². The summed E-state index contributed by atoms with van der Waals surface area (Å²) in [7, 11) is 0. The van der Waals surface area contributed by atoms with Crippen LogP contribution in [0.25, 0.3) is 26.4 Å². The third kappa shape index (κ3) is 1.53. The fourth-order valence-corrected chi connectivity index (χ4v) is 6.40. The van der Waals surface area contributed by atoms with Crippen LogP contribution in [0.2, 0.25) is 0 Å². The number of nitrogens with zero attached hydrogens (tertiary/aromatic N) is 1. The summed E-state index contributed by atoms with van der Waals surface area (Å²) in [5, 5.41) is 2.02. The van der Waals surface area contributed by atoms with Gasteiger partial charge in [-0.15, -0.1) is 0 Å². The van der Waals surface area contributed by atoms with Crippen molar-refractivity contribution in [3.05, 3.63) is 63.8 Å². The second-order valence-corrected chi connectivity index (χ2v) is 9.01. The number of halogens is 1. The molecule has 0 unspecified atom stereocenters. The van der Waals surface area contributed by atoms with Gasteiger partial charge in [-0.05, 0) is 0 Å². The Hall–Kier alpha value is -2.16. The molecular formula is C20H14FNOSe. The van der Waals surface area contributed by atoms with Gasteiger partial charge >= 0.3 is 144 Å². The summed E-state index contributed by atoms with van der Waals surface area (Å²) < 4.78 is 18.7. The van der Waals surface area contributed by atoms with E-state index in [0.29, 0.717) is 5.52 Å². The zero-order valence-corrected chi connectivity index (χ0v) is 15.0. The van der Waals surface area contributed by atoms with Gasteiger partial charge in [-0.3, -0.25) is 0 Å². The monoisotopic (exact) mass is 383 g/mol. The molecule has 0 saturated carbocycles. The molecule has 0 aliphatic carbocycles. The Balaban J connectivity index is 2.12. The van der Waals surface area contributed by atoms with E-state index in [1.54, 1.807) is 6.07 Å². The van der Waals surface area contributed by atoms with Crippen molar-refractivity contribution in [3.63, 3.8) is 0 Å². The molecule has 0 spiro atoms. The SMILES string of the molecule is CC1(C)c2cc(C=O)[se]c2-n2c3c(F)cccc3c3cccc1c32. The molecule has 0 atom stereocenters. The first-order valence-electron chi connectivity index (χ1n) is 7.86. The van der Waals surface area contributed by atoms with Gasteiger partial charge in [-0.25, -0.2) is 0 Å². The number of fused-ring (bicyclic) bond motifs is 5. The number of hydrogen-bond acceptors (Lipinski definition) is 1. The van der Waals surface area contributed by atoms with Crippen LogP contribution < -0.4 is 0 Å². The van der Waals surface area contributed by atoms with Crippen LogP contribution >= 0.6 is 0 Å². The van der Waals surface area contributed by atoms with Gasteiger partial charge in [0.1, 0.15) is 0 Å². The molecule has 24 heavy (non-hydrogen) atoms. The first-order valence-corrected chi connectivity index (χ1v) is 9.57. The van der Waals surface area contributed by atoms with Crippen molar-refractivity contribution in [2.24, 2.45) is 0 Å². The quantitative estimate of drug-likeness (QED) is 0.353. The second-order valence-electron chi connectivity index (χ2n) is 6.78. The Kier molecular flexibility index (Phi) is 2.65. The second kappa shape index (κ2) is 4.47. The molecule has 0 saturated heterocycles. The maximum atomic E-state index is 14.7. The van der Waals surface area contributed by atoms with E-state index in [0.717, 1.165) is 37.1 Å². The number of carbonyl (C=O) groups excluding carboxylic acids is 1. The van der Waals surface area contributed by atoms with Gasteiger partial charge in [0.05, 0.1) is 0 Å². The summed E-state index contributed by atoms with van der Waals surface area (Å²) in [6.45, 7) is 4.38. The first-order chi connectivity index (χ1) is 11.5. The zero-order valence-electron chi connectivity index (χ0n) is 13.3. The molecule has 118 valence electrons. The standard InChI is InChI=1S/C20H14FNOSe/c1-20(2)14-7-3-5-12-13-6-4-8-16(21)18(13)22(17(12)14)19-15(20)9-11(10-23)24-19/h3-10H,1-2H3. The van der Waals surface area contributed by atoms with Crippen LogP contribution in [0.5, 0.6) is 0 Å². The molecule has 2 nitrogen and oxygen atoms in total. The molecule has 0 fully saturated rings. The number of aromatic nitrogens is 1. The predicted molar refractivity (Wildman–Crippen MR) is 95.2 cm³/mol. The van der Waals surface area contributed by atoms with E-state index in [1.165, 1.54) is 11.6 Å². The van der Waals surface area contributed by atoms with E-state index in [2.05, 4.69) is 30.5 Å². The average Bonchev–Trinajstić information content (AvgIpc) is 3.14. The van der Waals surface area contributed by atoms with Gasteiger partial charge in [0.25, 0.3) is 0 Å². The Morgan fingerprint density at radius 2 is 1.75 bits per heavy atom. The molecule has 2 aromatic carbocycles. The predicted octanol–water partition coefficient (Wildman–Crippen LogP) is 4.43. The molecule has 4 aromatic rings. The number of rotatable bonds is 1.